The van der Waals surface area contributed by atoms with Crippen molar-refractivity contribution in [1.82, 2.24) is 20.0 Å². The highest BCUT2D eigenvalue weighted by Crippen LogP contribution is 2.31. The Kier molecular flexibility index (Phi) is 4.88. The van der Waals surface area contributed by atoms with Crippen molar-refractivity contribution in [2.24, 2.45) is 5.92 Å². The molecule has 1 saturated heterocycles. The molecule has 1 aliphatic heterocycles. The van der Waals surface area contributed by atoms with Crippen molar-refractivity contribution in [2.75, 3.05) is 13.1 Å². The molecule has 6 nitrogen and oxygen atoms in total. The predicted octanol–water partition coefficient (Wildman–Crippen LogP) is 3.42. The summed E-state index contributed by atoms with van der Waals surface area (Å²) in [5, 5.41) is 4.03. The van der Waals surface area contributed by atoms with E-state index in [0.29, 0.717) is 5.92 Å². The van der Waals surface area contributed by atoms with Crippen molar-refractivity contribution in [3.63, 3.8) is 0 Å². The Bertz CT molecular complexity index is 754. The van der Waals surface area contributed by atoms with E-state index < -0.39 is 0 Å². The molecule has 0 unspecified atom stereocenters. The average Bonchev–Trinajstić information content (AvgIpc) is 2.92. The molecule has 3 rings (SSSR count). The molecule has 0 bridgehead atoms. The standard InChI is InChI=1S/C19H26N4O2/c1-11(2)19(24)23-8-6-15(7-9-23)16-10-17(21-14(5)20-16)18-12(3)22-25-13(18)4/h10-11,15H,6-9H2,1-5H3. The van der Waals surface area contributed by atoms with Crippen LogP contribution in [0.25, 0.3) is 11.3 Å². The van der Waals surface area contributed by atoms with Crippen LogP contribution in [0.2, 0.25) is 0 Å². The summed E-state index contributed by atoms with van der Waals surface area (Å²) in [4.78, 5) is 23.4. The van der Waals surface area contributed by atoms with Crippen LogP contribution in [0.5, 0.6) is 0 Å². The first-order valence-corrected chi connectivity index (χ1v) is 8.94. The number of rotatable bonds is 3. The molecule has 2 aromatic rings. The molecule has 1 amide bonds. The maximum absolute atomic E-state index is 12.2. The van der Waals surface area contributed by atoms with Crippen LogP contribution < -0.4 is 0 Å². The third kappa shape index (κ3) is 3.57. The van der Waals surface area contributed by atoms with Crippen LogP contribution in [0.1, 0.15) is 55.6 Å². The second-order valence-electron chi connectivity index (χ2n) is 7.18. The average molecular weight is 342 g/mol. The number of hydrogen-bond acceptors (Lipinski definition) is 5. The minimum Gasteiger partial charge on any atom is -0.361 e. The normalized spacial score (nSPS) is 15.8. The molecule has 0 spiro atoms. The molecule has 1 fully saturated rings. The number of amides is 1. The molecular formula is C19H26N4O2. The molecule has 3 heterocycles. The number of aryl methyl sites for hydroxylation is 3. The van der Waals surface area contributed by atoms with Crippen molar-refractivity contribution < 1.29 is 9.32 Å². The fraction of sp³-hybridized carbons (Fsp3) is 0.579. The predicted molar refractivity (Wildman–Crippen MR) is 95.1 cm³/mol. The van der Waals surface area contributed by atoms with Gasteiger partial charge in [-0.2, -0.15) is 0 Å². The first kappa shape index (κ1) is 17.6. The summed E-state index contributed by atoms with van der Waals surface area (Å²) in [5.41, 5.74) is 3.73. The second-order valence-corrected chi connectivity index (χ2v) is 7.18. The summed E-state index contributed by atoms with van der Waals surface area (Å²) < 4.78 is 5.28. The zero-order valence-corrected chi connectivity index (χ0v) is 15.7. The van der Waals surface area contributed by atoms with Gasteiger partial charge < -0.3 is 9.42 Å². The van der Waals surface area contributed by atoms with Crippen molar-refractivity contribution >= 4 is 5.91 Å². The SMILES string of the molecule is Cc1nc(-c2c(C)noc2C)cc(C2CCN(C(=O)C(C)C)CC2)n1. The third-order valence-corrected chi connectivity index (χ3v) is 4.87. The van der Waals surface area contributed by atoms with Gasteiger partial charge in [0.2, 0.25) is 5.91 Å². The van der Waals surface area contributed by atoms with Crippen LogP contribution in [0.4, 0.5) is 0 Å². The van der Waals surface area contributed by atoms with Crippen LogP contribution in [0, 0.1) is 26.7 Å². The molecule has 6 heteroatoms. The molecule has 0 aliphatic carbocycles. The molecule has 1 aliphatic rings. The Morgan fingerprint density at radius 3 is 2.44 bits per heavy atom. The molecule has 2 aromatic heterocycles. The zero-order valence-electron chi connectivity index (χ0n) is 15.7. The number of nitrogens with zero attached hydrogens (tertiary/aromatic N) is 4. The van der Waals surface area contributed by atoms with Gasteiger partial charge in [0.15, 0.2) is 0 Å². The van der Waals surface area contributed by atoms with Gasteiger partial charge in [0.25, 0.3) is 0 Å². The van der Waals surface area contributed by atoms with E-state index in [0.717, 1.165) is 60.2 Å². The number of carbonyl (C=O) groups excluding carboxylic acids is 1. The summed E-state index contributed by atoms with van der Waals surface area (Å²) in [7, 11) is 0. The number of aromatic nitrogens is 3. The van der Waals surface area contributed by atoms with E-state index in [9.17, 15) is 4.79 Å². The van der Waals surface area contributed by atoms with E-state index in [2.05, 4.69) is 21.2 Å². The Labute approximate surface area is 148 Å². The summed E-state index contributed by atoms with van der Waals surface area (Å²) in [6, 6.07) is 2.06. The van der Waals surface area contributed by atoms with Gasteiger partial charge in [-0.15, -0.1) is 0 Å². The van der Waals surface area contributed by atoms with Crippen molar-refractivity contribution in [3.8, 4) is 11.3 Å². The quantitative estimate of drug-likeness (QED) is 0.854. The summed E-state index contributed by atoms with van der Waals surface area (Å²) in [5.74, 6) is 2.20. The van der Waals surface area contributed by atoms with Gasteiger partial charge in [-0.1, -0.05) is 19.0 Å². The molecule has 0 atom stereocenters. The minimum atomic E-state index is 0.0592. The monoisotopic (exact) mass is 342 g/mol. The van der Waals surface area contributed by atoms with Crippen LogP contribution in [0.3, 0.4) is 0 Å². The highest BCUT2D eigenvalue weighted by atomic mass is 16.5. The molecule has 0 N–H and O–H groups in total. The van der Waals surface area contributed by atoms with Crippen molar-refractivity contribution in [3.05, 3.63) is 29.0 Å². The highest BCUT2D eigenvalue weighted by Gasteiger charge is 2.26. The van der Waals surface area contributed by atoms with Gasteiger partial charge in [0.05, 0.1) is 17.0 Å². The van der Waals surface area contributed by atoms with Crippen LogP contribution >= 0.6 is 0 Å². The number of carbonyl (C=O) groups is 1. The Morgan fingerprint density at radius 2 is 1.88 bits per heavy atom. The maximum atomic E-state index is 12.2. The topological polar surface area (TPSA) is 72.1 Å². The fourth-order valence-electron chi connectivity index (χ4n) is 3.54. The van der Waals surface area contributed by atoms with E-state index in [1.807, 2.05) is 39.5 Å². The van der Waals surface area contributed by atoms with E-state index in [-0.39, 0.29) is 11.8 Å². The largest absolute Gasteiger partial charge is 0.361 e. The smallest absolute Gasteiger partial charge is 0.225 e. The Balaban J connectivity index is 1.82. The van der Waals surface area contributed by atoms with Crippen LogP contribution in [-0.4, -0.2) is 39.0 Å². The molecular weight excluding hydrogens is 316 g/mol. The molecule has 134 valence electrons. The summed E-state index contributed by atoms with van der Waals surface area (Å²) in [6.45, 7) is 11.3. The van der Waals surface area contributed by atoms with Gasteiger partial charge in [0.1, 0.15) is 11.6 Å². The minimum absolute atomic E-state index is 0.0592. The zero-order chi connectivity index (χ0) is 18.1. The van der Waals surface area contributed by atoms with E-state index in [1.54, 1.807) is 0 Å². The molecule has 0 saturated carbocycles. The fourth-order valence-corrected chi connectivity index (χ4v) is 3.54. The van der Waals surface area contributed by atoms with E-state index in [4.69, 9.17) is 4.52 Å². The third-order valence-electron chi connectivity index (χ3n) is 4.87. The Hall–Kier alpha value is -2.24. The van der Waals surface area contributed by atoms with Crippen molar-refractivity contribution in [1.29, 1.82) is 0 Å². The lowest BCUT2D eigenvalue weighted by Gasteiger charge is -2.33. The molecule has 0 aromatic carbocycles. The summed E-state index contributed by atoms with van der Waals surface area (Å²) >= 11 is 0. The first-order valence-electron chi connectivity index (χ1n) is 8.94. The molecule has 0 radical (unpaired) electrons. The maximum Gasteiger partial charge on any atom is 0.225 e. The van der Waals surface area contributed by atoms with Gasteiger partial charge in [-0.25, -0.2) is 9.97 Å². The number of piperidine rings is 1. The number of hydrogen-bond donors (Lipinski definition) is 0. The first-order chi connectivity index (χ1) is 11.9. The Morgan fingerprint density at radius 1 is 1.20 bits per heavy atom. The van der Waals surface area contributed by atoms with E-state index in [1.165, 1.54) is 0 Å². The summed E-state index contributed by atoms with van der Waals surface area (Å²) in [6.07, 6.45) is 1.88. The van der Waals surface area contributed by atoms with Gasteiger partial charge in [-0.3, -0.25) is 4.79 Å². The highest BCUT2D eigenvalue weighted by molar-refractivity contribution is 5.78. The van der Waals surface area contributed by atoms with Gasteiger partial charge >= 0.3 is 0 Å². The van der Waals surface area contributed by atoms with E-state index >= 15 is 0 Å². The lowest BCUT2D eigenvalue weighted by molar-refractivity contribution is -0.135. The van der Waals surface area contributed by atoms with Gasteiger partial charge in [-0.05, 0) is 39.7 Å². The second kappa shape index (κ2) is 6.94. The van der Waals surface area contributed by atoms with Crippen LogP contribution in [-0.2, 0) is 4.79 Å². The number of likely N-dealkylation sites (tertiary alicyclic amines) is 1. The lowest BCUT2D eigenvalue weighted by atomic mass is 9.91. The van der Waals surface area contributed by atoms with Crippen molar-refractivity contribution in [2.45, 2.75) is 53.4 Å². The van der Waals surface area contributed by atoms with Gasteiger partial charge in [0, 0.05) is 30.6 Å². The lowest BCUT2D eigenvalue weighted by Crippen LogP contribution is -2.40. The molecule has 25 heavy (non-hydrogen) atoms. The van der Waals surface area contributed by atoms with Crippen LogP contribution in [0.15, 0.2) is 10.6 Å².